The standard InChI is InChI=1S/C6H12N2O3/c7-6(10)8-1-2-11-4-5(8)3-9/h5,9H,1-4H2,(H2,7,10). The first-order valence-electron chi connectivity index (χ1n) is 3.50. The van der Waals surface area contributed by atoms with Crippen LogP contribution in [0.15, 0.2) is 0 Å². The predicted octanol–water partition coefficient (Wildman–Crippen LogP) is -1.24. The van der Waals surface area contributed by atoms with Crippen LogP contribution >= 0.6 is 0 Å². The maximum atomic E-state index is 10.7. The van der Waals surface area contributed by atoms with Crippen molar-refractivity contribution >= 4 is 6.03 Å². The first-order valence-corrected chi connectivity index (χ1v) is 3.50. The lowest BCUT2D eigenvalue weighted by atomic mass is 10.2. The molecule has 1 rings (SSSR count). The molecule has 0 saturated carbocycles. The van der Waals surface area contributed by atoms with Crippen LogP contribution in [0, 0.1) is 0 Å². The Morgan fingerprint density at radius 1 is 1.82 bits per heavy atom. The van der Waals surface area contributed by atoms with Crippen LogP contribution in [0.5, 0.6) is 0 Å². The van der Waals surface area contributed by atoms with Crippen LogP contribution in [-0.2, 0) is 4.74 Å². The van der Waals surface area contributed by atoms with Crippen LogP contribution in [0.2, 0.25) is 0 Å². The molecule has 1 heterocycles. The quantitative estimate of drug-likeness (QED) is 0.503. The summed E-state index contributed by atoms with van der Waals surface area (Å²) in [5, 5.41) is 8.78. The highest BCUT2D eigenvalue weighted by Gasteiger charge is 2.24. The molecule has 0 aromatic heterocycles. The number of hydrogen-bond donors (Lipinski definition) is 2. The van der Waals surface area contributed by atoms with Crippen molar-refractivity contribution in [2.24, 2.45) is 5.73 Å². The monoisotopic (exact) mass is 160 g/mol. The summed E-state index contributed by atoms with van der Waals surface area (Å²) in [5.41, 5.74) is 5.05. The average Bonchev–Trinajstić information content (AvgIpc) is 2.04. The Labute approximate surface area is 64.7 Å². The molecule has 11 heavy (non-hydrogen) atoms. The minimum atomic E-state index is -0.493. The van der Waals surface area contributed by atoms with Crippen molar-refractivity contribution in [3.8, 4) is 0 Å². The number of morpholine rings is 1. The Balaban J connectivity index is 2.51. The average molecular weight is 160 g/mol. The molecule has 2 amide bonds. The van der Waals surface area contributed by atoms with E-state index in [0.717, 1.165) is 0 Å². The van der Waals surface area contributed by atoms with E-state index in [2.05, 4.69) is 0 Å². The van der Waals surface area contributed by atoms with Crippen LogP contribution < -0.4 is 5.73 Å². The summed E-state index contributed by atoms with van der Waals surface area (Å²) < 4.78 is 5.04. The van der Waals surface area contributed by atoms with Crippen LogP contribution in [0.25, 0.3) is 0 Å². The summed E-state index contributed by atoms with van der Waals surface area (Å²) in [4.78, 5) is 12.1. The molecule has 1 aliphatic rings. The molecule has 0 aromatic carbocycles. The molecule has 1 aliphatic heterocycles. The van der Waals surface area contributed by atoms with Crippen LogP contribution in [-0.4, -0.2) is 48.4 Å². The van der Waals surface area contributed by atoms with Gasteiger partial charge in [-0.15, -0.1) is 0 Å². The van der Waals surface area contributed by atoms with E-state index in [-0.39, 0.29) is 12.6 Å². The molecule has 0 bridgehead atoms. The molecular formula is C6H12N2O3. The molecule has 0 aromatic rings. The van der Waals surface area contributed by atoms with Gasteiger partial charge in [0.1, 0.15) is 0 Å². The Hall–Kier alpha value is -0.810. The molecule has 5 heteroatoms. The van der Waals surface area contributed by atoms with E-state index < -0.39 is 6.03 Å². The van der Waals surface area contributed by atoms with Gasteiger partial charge in [-0.05, 0) is 0 Å². The zero-order chi connectivity index (χ0) is 8.27. The van der Waals surface area contributed by atoms with Crippen molar-refractivity contribution in [2.75, 3.05) is 26.4 Å². The number of primary amides is 1. The van der Waals surface area contributed by atoms with Gasteiger partial charge in [-0.25, -0.2) is 4.79 Å². The number of nitrogens with two attached hydrogens (primary N) is 1. The molecule has 1 saturated heterocycles. The number of carbonyl (C=O) groups excluding carboxylic acids is 1. The van der Waals surface area contributed by atoms with Gasteiger partial charge in [0.25, 0.3) is 0 Å². The minimum absolute atomic E-state index is 0.0943. The normalized spacial score (nSPS) is 25.2. The van der Waals surface area contributed by atoms with E-state index >= 15 is 0 Å². The van der Waals surface area contributed by atoms with Gasteiger partial charge < -0.3 is 20.5 Å². The van der Waals surface area contributed by atoms with Gasteiger partial charge in [0.05, 0.1) is 25.9 Å². The number of hydrogen-bond acceptors (Lipinski definition) is 3. The molecule has 3 N–H and O–H groups in total. The fourth-order valence-corrected chi connectivity index (χ4v) is 1.10. The third-order valence-electron chi connectivity index (χ3n) is 1.72. The van der Waals surface area contributed by atoms with Gasteiger partial charge >= 0.3 is 6.03 Å². The second-order valence-electron chi connectivity index (χ2n) is 2.44. The van der Waals surface area contributed by atoms with Gasteiger partial charge in [-0.1, -0.05) is 0 Å². The highest BCUT2D eigenvalue weighted by atomic mass is 16.5. The zero-order valence-electron chi connectivity index (χ0n) is 6.19. The fourth-order valence-electron chi connectivity index (χ4n) is 1.10. The Morgan fingerprint density at radius 2 is 2.55 bits per heavy atom. The van der Waals surface area contributed by atoms with Crippen molar-refractivity contribution < 1.29 is 14.6 Å². The Kier molecular flexibility index (Phi) is 2.67. The summed E-state index contributed by atoms with van der Waals surface area (Å²) >= 11 is 0. The largest absolute Gasteiger partial charge is 0.394 e. The molecule has 1 atom stereocenters. The van der Waals surface area contributed by atoms with Gasteiger partial charge in [0, 0.05) is 6.54 Å². The topological polar surface area (TPSA) is 75.8 Å². The van der Waals surface area contributed by atoms with Crippen LogP contribution in [0.4, 0.5) is 4.79 Å². The van der Waals surface area contributed by atoms with E-state index in [1.807, 2.05) is 0 Å². The second kappa shape index (κ2) is 3.54. The number of nitrogens with zero attached hydrogens (tertiary/aromatic N) is 1. The fraction of sp³-hybridized carbons (Fsp3) is 0.833. The third-order valence-corrected chi connectivity index (χ3v) is 1.72. The summed E-state index contributed by atoms with van der Waals surface area (Å²) in [5.74, 6) is 0. The van der Waals surface area contributed by atoms with Crippen molar-refractivity contribution in [2.45, 2.75) is 6.04 Å². The molecule has 0 spiro atoms. The Bertz CT molecular complexity index is 151. The third kappa shape index (κ3) is 1.81. The maximum absolute atomic E-state index is 10.7. The molecule has 64 valence electrons. The summed E-state index contributed by atoms with van der Waals surface area (Å²) in [6.45, 7) is 1.25. The zero-order valence-corrected chi connectivity index (χ0v) is 6.19. The van der Waals surface area contributed by atoms with E-state index in [9.17, 15) is 4.79 Å². The van der Waals surface area contributed by atoms with Gasteiger partial charge in [-0.3, -0.25) is 0 Å². The minimum Gasteiger partial charge on any atom is -0.394 e. The molecule has 1 fully saturated rings. The molecule has 1 unspecified atom stereocenters. The number of aliphatic hydroxyl groups excluding tert-OH is 1. The summed E-state index contributed by atoms with van der Waals surface area (Å²) in [6, 6.07) is -0.756. The highest BCUT2D eigenvalue weighted by Crippen LogP contribution is 2.04. The van der Waals surface area contributed by atoms with E-state index in [4.69, 9.17) is 15.6 Å². The molecular weight excluding hydrogens is 148 g/mol. The highest BCUT2D eigenvalue weighted by molar-refractivity contribution is 5.72. The smallest absolute Gasteiger partial charge is 0.315 e. The molecule has 0 aliphatic carbocycles. The van der Waals surface area contributed by atoms with E-state index in [1.165, 1.54) is 4.90 Å². The number of carbonyl (C=O) groups is 1. The first kappa shape index (κ1) is 8.29. The van der Waals surface area contributed by atoms with E-state index in [1.54, 1.807) is 0 Å². The lowest BCUT2D eigenvalue weighted by Gasteiger charge is -2.32. The summed E-state index contributed by atoms with van der Waals surface area (Å²) in [6.07, 6.45) is 0. The van der Waals surface area contributed by atoms with Crippen molar-refractivity contribution in [1.29, 1.82) is 0 Å². The number of urea groups is 1. The van der Waals surface area contributed by atoms with E-state index in [0.29, 0.717) is 19.8 Å². The van der Waals surface area contributed by atoms with Gasteiger partial charge in [-0.2, -0.15) is 0 Å². The van der Waals surface area contributed by atoms with Crippen LogP contribution in [0.1, 0.15) is 0 Å². The van der Waals surface area contributed by atoms with Gasteiger partial charge in [0.15, 0.2) is 0 Å². The summed E-state index contributed by atoms with van der Waals surface area (Å²) in [7, 11) is 0. The lowest BCUT2D eigenvalue weighted by molar-refractivity contribution is -0.00578. The SMILES string of the molecule is NC(=O)N1CCOCC1CO. The lowest BCUT2D eigenvalue weighted by Crippen LogP contribution is -2.52. The maximum Gasteiger partial charge on any atom is 0.315 e. The number of ether oxygens (including phenoxy) is 1. The van der Waals surface area contributed by atoms with Crippen LogP contribution in [0.3, 0.4) is 0 Å². The first-order chi connectivity index (χ1) is 5.25. The van der Waals surface area contributed by atoms with Crippen molar-refractivity contribution in [3.63, 3.8) is 0 Å². The predicted molar refractivity (Wildman–Crippen MR) is 38.0 cm³/mol. The molecule has 5 nitrogen and oxygen atoms in total. The van der Waals surface area contributed by atoms with Crippen molar-refractivity contribution in [3.05, 3.63) is 0 Å². The Morgan fingerprint density at radius 3 is 3.00 bits per heavy atom. The number of amides is 2. The second-order valence-corrected chi connectivity index (χ2v) is 2.44. The number of aliphatic hydroxyl groups is 1. The molecule has 0 radical (unpaired) electrons. The van der Waals surface area contributed by atoms with Crippen molar-refractivity contribution in [1.82, 2.24) is 4.90 Å². The number of rotatable bonds is 1. The van der Waals surface area contributed by atoms with Gasteiger partial charge in [0.2, 0.25) is 0 Å².